The van der Waals surface area contributed by atoms with E-state index in [1.165, 1.54) is 6.07 Å². The zero-order chi connectivity index (χ0) is 14.0. The number of nitrogens with one attached hydrogen (secondary N) is 1. The summed E-state index contributed by atoms with van der Waals surface area (Å²) in [6, 6.07) is 4.88. The number of thiophene rings is 1. The van der Waals surface area contributed by atoms with Gasteiger partial charge in [0.05, 0.1) is 4.90 Å². The van der Waals surface area contributed by atoms with Crippen molar-refractivity contribution in [1.29, 1.82) is 0 Å². The highest BCUT2D eigenvalue weighted by atomic mass is 32.2. The molecule has 0 saturated carbocycles. The van der Waals surface area contributed by atoms with Gasteiger partial charge in [0, 0.05) is 12.2 Å². The molecule has 0 aliphatic heterocycles. The van der Waals surface area contributed by atoms with Crippen molar-refractivity contribution in [3.8, 4) is 0 Å². The molecule has 1 heterocycles. The van der Waals surface area contributed by atoms with Crippen molar-refractivity contribution in [2.75, 3.05) is 5.73 Å². The fourth-order valence-electron chi connectivity index (χ4n) is 1.72. The molecule has 0 saturated heterocycles. The minimum atomic E-state index is -3.53. The van der Waals surface area contributed by atoms with Crippen LogP contribution in [-0.4, -0.2) is 8.42 Å². The fraction of sp³-hybridized carbons (Fsp3) is 0.231. The van der Waals surface area contributed by atoms with Crippen LogP contribution in [0.15, 0.2) is 33.9 Å². The van der Waals surface area contributed by atoms with E-state index in [4.69, 9.17) is 5.73 Å². The lowest BCUT2D eigenvalue weighted by atomic mass is 10.2. The second kappa shape index (κ2) is 5.32. The molecule has 0 spiro atoms. The summed E-state index contributed by atoms with van der Waals surface area (Å²) in [6.07, 6.45) is 0. The highest BCUT2D eigenvalue weighted by molar-refractivity contribution is 7.89. The maximum absolute atomic E-state index is 12.2. The van der Waals surface area contributed by atoms with E-state index < -0.39 is 10.0 Å². The summed E-state index contributed by atoms with van der Waals surface area (Å²) in [7, 11) is -3.53. The number of sulfonamides is 1. The molecule has 0 fully saturated rings. The van der Waals surface area contributed by atoms with E-state index in [1.807, 2.05) is 17.7 Å². The van der Waals surface area contributed by atoms with E-state index in [0.29, 0.717) is 17.8 Å². The predicted octanol–water partition coefficient (Wildman–Crippen LogP) is 2.43. The van der Waals surface area contributed by atoms with Gasteiger partial charge in [0.15, 0.2) is 0 Å². The van der Waals surface area contributed by atoms with Gasteiger partial charge < -0.3 is 5.73 Å². The van der Waals surface area contributed by atoms with Crippen molar-refractivity contribution in [3.63, 3.8) is 0 Å². The molecule has 4 nitrogen and oxygen atoms in total. The summed E-state index contributed by atoms with van der Waals surface area (Å²) in [4.78, 5) is 0.236. The van der Waals surface area contributed by atoms with Crippen LogP contribution >= 0.6 is 11.3 Å². The van der Waals surface area contributed by atoms with Gasteiger partial charge in [-0.3, -0.25) is 0 Å². The van der Waals surface area contributed by atoms with Crippen molar-refractivity contribution >= 4 is 27.0 Å². The predicted molar refractivity (Wildman–Crippen MR) is 78.7 cm³/mol. The SMILES string of the molecule is Cc1cscc1CNS(=O)(=O)c1cc(N)ccc1C. The van der Waals surface area contributed by atoms with Gasteiger partial charge >= 0.3 is 0 Å². The Labute approximate surface area is 117 Å². The third-order valence-corrected chi connectivity index (χ3v) is 5.37. The van der Waals surface area contributed by atoms with Gasteiger partial charge in [-0.25, -0.2) is 13.1 Å². The standard InChI is InChI=1S/C13H16N2O2S2/c1-9-3-4-12(14)5-13(9)19(16,17)15-6-11-8-18-7-10(11)2/h3-5,7-8,15H,6,14H2,1-2H3. The average Bonchev–Trinajstić information content (AvgIpc) is 2.75. The lowest BCUT2D eigenvalue weighted by Gasteiger charge is -2.10. The van der Waals surface area contributed by atoms with Crippen molar-refractivity contribution < 1.29 is 8.42 Å². The Kier molecular flexibility index (Phi) is 3.93. The van der Waals surface area contributed by atoms with E-state index >= 15 is 0 Å². The summed E-state index contributed by atoms with van der Waals surface area (Å²) < 4.78 is 27.1. The monoisotopic (exact) mass is 296 g/mol. The van der Waals surface area contributed by atoms with Crippen molar-refractivity contribution in [2.45, 2.75) is 25.3 Å². The summed E-state index contributed by atoms with van der Waals surface area (Å²) in [5.74, 6) is 0. The van der Waals surface area contributed by atoms with E-state index in [0.717, 1.165) is 11.1 Å². The van der Waals surface area contributed by atoms with Crippen LogP contribution in [0.2, 0.25) is 0 Å². The van der Waals surface area contributed by atoms with Crippen LogP contribution < -0.4 is 10.5 Å². The molecule has 0 bridgehead atoms. The first kappa shape index (κ1) is 14.0. The number of anilines is 1. The molecular formula is C13H16N2O2S2. The number of benzene rings is 1. The second-order valence-electron chi connectivity index (χ2n) is 4.43. The number of rotatable bonds is 4. The largest absolute Gasteiger partial charge is 0.399 e. The molecule has 2 rings (SSSR count). The topological polar surface area (TPSA) is 72.2 Å². The molecule has 0 radical (unpaired) electrons. The average molecular weight is 296 g/mol. The van der Waals surface area contributed by atoms with Crippen LogP contribution in [0.3, 0.4) is 0 Å². The van der Waals surface area contributed by atoms with Crippen LogP contribution in [0.1, 0.15) is 16.7 Å². The lowest BCUT2D eigenvalue weighted by molar-refractivity contribution is 0.580. The molecule has 0 aliphatic rings. The van der Waals surface area contributed by atoms with E-state index in [1.54, 1.807) is 30.4 Å². The molecule has 1 aromatic heterocycles. The first-order valence-electron chi connectivity index (χ1n) is 5.77. The normalized spacial score (nSPS) is 11.7. The molecule has 0 amide bonds. The Bertz CT molecular complexity index is 690. The fourth-order valence-corrected chi connectivity index (χ4v) is 3.87. The molecule has 3 N–H and O–H groups in total. The van der Waals surface area contributed by atoms with Crippen LogP contribution in [-0.2, 0) is 16.6 Å². The maximum Gasteiger partial charge on any atom is 0.241 e. The first-order chi connectivity index (χ1) is 8.90. The van der Waals surface area contributed by atoms with E-state index in [2.05, 4.69) is 4.72 Å². The number of nitrogen functional groups attached to an aromatic ring is 1. The molecule has 0 atom stereocenters. The zero-order valence-electron chi connectivity index (χ0n) is 10.8. The Morgan fingerprint density at radius 3 is 2.58 bits per heavy atom. The van der Waals surface area contributed by atoms with Gasteiger partial charge in [-0.15, -0.1) is 0 Å². The Balaban J connectivity index is 2.23. The smallest absolute Gasteiger partial charge is 0.241 e. The van der Waals surface area contributed by atoms with Gasteiger partial charge in [0.1, 0.15) is 0 Å². The number of hydrogen-bond acceptors (Lipinski definition) is 4. The highest BCUT2D eigenvalue weighted by Crippen LogP contribution is 2.19. The van der Waals surface area contributed by atoms with E-state index in [9.17, 15) is 8.42 Å². The minimum absolute atomic E-state index is 0.236. The van der Waals surface area contributed by atoms with E-state index in [-0.39, 0.29) is 4.90 Å². The van der Waals surface area contributed by atoms with Gasteiger partial charge in [0.25, 0.3) is 0 Å². The third-order valence-electron chi connectivity index (χ3n) is 2.92. The van der Waals surface area contributed by atoms with Gasteiger partial charge in [-0.1, -0.05) is 6.07 Å². The molecule has 0 aliphatic carbocycles. The number of nitrogens with two attached hydrogens (primary N) is 1. The molecule has 0 unspecified atom stereocenters. The van der Waals surface area contributed by atoms with Crippen LogP contribution in [0.25, 0.3) is 0 Å². The number of aryl methyl sites for hydroxylation is 2. The lowest BCUT2D eigenvalue weighted by Crippen LogP contribution is -2.24. The molecular weight excluding hydrogens is 280 g/mol. The summed E-state index contributed by atoms with van der Waals surface area (Å²) >= 11 is 1.56. The maximum atomic E-state index is 12.2. The zero-order valence-corrected chi connectivity index (χ0v) is 12.4. The summed E-state index contributed by atoms with van der Waals surface area (Å²) in [5.41, 5.74) is 8.86. The van der Waals surface area contributed by atoms with Crippen molar-refractivity contribution in [3.05, 3.63) is 45.6 Å². The molecule has 1 aromatic carbocycles. The first-order valence-corrected chi connectivity index (χ1v) is 8.20. The molecule has 102 valence electrons. The van der Waals surface area contributed by atoms with Crippen LogP contribution in [0.5, 0.6) is 0 Å². The molecule has 6 heteroatoms. The van der Waals surface area contributed by atoms with Crippen LogP contribution in [0.4, 0.5) is 5.69 Å². The third kappa shape index (κ3) is 3.15. The van der Waals surface area contributed by atoms with Crippen molar-refractivity contribution in [2.24, 2.45) is 0 Å². The Morgan fingerprint density at radius 1 is 1.21 bits per heavy atom. The van der Waals surface area contributed by atoms with Crippen molar-refractivity contribution in [1.82, 2.24) is 4.72 Å². The summed E-state index contributed by atoms with van der Waals surface area (Å²) in [6.45, 7) is 4.02. The Morgan fingerprint density at radius 2 is 1.95 bits per heavy atom. The second-order valence-corrected chi connectivity index (χ2v) is 6.91. The highest BCUT2D eigenvalue weighted by Gasteiger charge is 2.17. The Hall–Kier alpha value is -1.37. The number of hydrogen-bond donors (Lipinski definition) is 2. The molecule has 19 heavy (non-hydrogen) atoms. The summed E-state index contributed by atoms with van der Waals surface area (Å²) in [5, 5.41) is 3.94. The van der Waals surface area contributed by atoms with Gasteiger partial charge in [-0.2, -0.15) is 11.3 Å². The van der Waals surface area contributed by atoms with Gasteiger partial charge in [0.2, 0.25) is 10.0 Å². The quantitative estimate of drug-likeness (QED) is 0.851. The van der Waals surface area contributed by atoms with Crippen LogP contribution in [0, 0.1) is 13.8 Å². The minimum Gasteiger partial charge on any atom is -0.399 e. The molecule has 2 aromatic rings. The van der Waals surface area contributed by atoms with Gasteiger partial charge in [-0.05, 0) is 53.4 Å².